The Morgan fingerprint density at radius 1 is 1.23 bits per heavy atom. The molecule has 1 aliphatic rings. The largest absolute Gasteiger partial charge is 0.466 e. The van der Waals surface area contributed by atoms with Gasteiger partial charge in [0.15, 0.2) is 0 Å². The molecule has 3 heterocycles. The molecule has 1 amide bonds. The van der Waals surface area contributed by atoms with E-state index < -0.39 is 0 Å². The van der Waals surface area contributed by atoms with E-state index in [-0.39, 0.29) is 24.3 Å². The van der Waals surface area contributed by atoms with Crippen molar-refractivity contribution in [3.05, 3.63) is 47.6 Å². The molecular weight excluding hydrogens is 420 g/mol. The van der Waals surface area contributed by atoms with Crippen LogP contribution in [0.15, 0.2) is 47.1 Å². The maximum absolute atomic E-state index is 12.8. The molecule has 1 aromatic carbocycles. The van der Waals surface area contributed by atoms with E-state index >= 15 is 0 Å². The van der Waals surface area contributed by atoms with Crippen LogP contribution in [0, 0.1) is 5.92 Å². The highest BCUT2D eigenvalue weighted by Gasteiger charge is 2.28. The molecule has 0 N–H and O–H groups in total. The molecule has 162 valence electrons. The Kier molecular flexibility index (Phi) is 6.36. The van der Waals surface area contributed by atoms with Crippen LogP contribution in [0.5, 0.6) is 0 Å². The zero-order valence-corrected chi connectivity index (χ0v) is 17.9. The van der Waals surface area contributed by atoms with Gasteiger partial charge in [0.1, 0.15) is 12.2 Å². The monoisotopic (exact) mass is 442 g/mol. The van der Waals surface area contributed by atoms with Gasteiger partial charge in [-0.15, -0.1) is 0 Å². The van der Waals surface area contributed by atoms with Crippen LogP contribution in [0.2, 0.25) is 5.02 Å². The zero-order valence-electron chi connectivity index (χ0n) is 17.2. The second-order valence-electron chi connectivity index (χ2n) is 7.36. The molecule has 0 aliphatic carbocycles. The summed E-state index contributed by atoms with van der Waals surface area (Å²) in [6, 6.07) is 10.9. The molecule has 4 rings (SSSR count). The van der Waals surface area contributed by atoms with E-state index in [4.69, 9.17) is 20.9 Å². The van der Waals surface area contributed by atoms with Gasteiger partial charge in [-0.2, -0.15) is 4.98 Å². The number of hydrogen-bond acceptors (Lipinski definition) is 6. The summed E-state index contributed by atoms with van der Waals surface area (Å²) >= 11 is 6.04. The van der Waals surface area contributed by atoms with Crippen LogP contribution in [0.4, 0.5) is 0 Å². The number of aromatic nitrogens is 3. The van der Waals surface area contributed by atoms with E-state index in [2.05, 4.69) is 10.1 Å². The smallest absolute Gasteiger partial charge is 0.309 e. The van der Waals surface area contributed by atoms with Crippen molar-refractivity contribution in [3.8, 4) is 23.0 Å². The summed E-state index contributed by atoms with van der Waals surface area (Å²) in [6.45, 7) is 3.41. The van der Waals surface area contributed by atoms with Gasteiger partial charge in [0.2, 0.25) is 11.7 Å². The Morgan fingerprint density at radius 2 is 2.03 bits per heavy atom. The molecule has 0 radical (unpaired) electrons. The summed E-state index contributed by atoms with van der Waals surface area (Å²) in [5, 5.41) is 4.62. The lowest BCUT2D eigenvalue weighted by Gasteiger charge is -2.31. The number of nitrogens with zero attached hydrogens (tertiary/aromatic N) is 4. The average Bonchev–Trinajstić information content (AvgIpc) is 3.43. The third kappa shape index (κ3) is 4.80. The van der Waals surface area contributed by atoms with Crippen LogP contribution in [-0.4, -0.2) is 51.2 Å². The summed E-state index contributed by atoms with van der Waals surface area (Å²) in [4.78, 5) is 31.0. The molecule has 3 aromatic rings. The topological polar surface area (TPSA) is 90.5 Å². The van der Waals surface area contributed by atoms with Gasteiger partial charge >= 0.3 is 5.97 Å². The minimum absolute atomic E-state index is 0.0191. The summed E-state index contributed by atoms with van der Waals surface area (Å²) in [7, 11) is 0. The van der Waals surface area contributed by atoms with Gasteiger partial charge in [-0.05, 0) is 44.0 Å². The van der Waals surface area contributed by atoms with Crippen LogP contribution < -0.4 is 0 Å². The van der Waals surface area contributed by atoms with Crippen molar-refractivity contribution >= 4 is 23.5 Å². The maximum Gasteiger partial charge on any atom is 0.309 e. The Hall–Kier alpha value is -3.13. The Labute approximate surface area is 184 Å². The number of piperidine rings is 1. The minimum Gasteiger partial charge on any atom is -0.466 e. The number of esters is 1. The van der Waals surface area contributed by atoms with Crippen molar-refractivity contribution < 1.29 is 18.8 Å². The molecule has 0 atom stereocenters. The number of carbonyl (C=O) groups is 2. The number of halogens is 1. The fourth-order valence-electron chi connectivity index (χ4n) is 3.69. The predicted molar refractivity (Wildman–Crippen MR) is 114 cm³/mol. The van der Waals surface area contributed by atoms with Crippen LogP contribution in [-0.2, 0) is 20.9 Å². The average molecular weight is 443 g/mol. The lowest BCUT2D eigenvalue weighted by Crippen LogP contribution is -2.42. The number of ether oxygens (including phenoxy) is 1. The number of benzene rings is 1. The molecule has 1 saturated heterocycles. The number of likely N-dealkylation sites (tertiary alicyclic amines) is 1. The molecule has 1 fully saturated rings. The van der Waals surface area contributed by atoms with E-state index in [0.717, 1.165) is 5.56 Å². The third-order valence-electron chi connectivity index (χ3n) is 5.33. The van der Waals surface area contributed by atoms with E-state index in [1.54, 1.807) is 28.5 Å². The van der Waals surface area contributed by atoms with Gasteiger partial charge in [0, 0.05) is 29.9 Å². The third-order valence-corrected chi connectivity index (χ3v) is 5.57. The first-order valence-electron chi connectivity index (χ1n) is 10.2. The van der Waals surface area contributed by atoms with Crippen molar-refractivity contribution in [1.82, 2.24) is 19.6 Å². The first kappa shape index (κ1) is 21.1. The fraction of sp³-hybridized carbons (Fsp3) is 0.364. The van der Waals surface area contributed by atoms with Crippen molar-refractivity contribution in [2.24, 2.45) is 5.92 Å². The molecule has 9 heteroatoms. The van der Waals surface area contributed by atoms with Crippen LogP contribution in [0.25, 0.3) is 23.0 Å². The normalized spacial score (nSPS) is 14.6. The summed E-state index contributed by atoms with van der Waals surface area (Å²) in [6.07, 6.45) is 3.05. The lowest BCUT2D eigenvalue weighted by molar-refractivity contribution is -0.151. The van der Waals surface area contributed by atoms with Crippen LogP contribution in [0.1, 0.15) is 19.8 Å². The summed E-state index contributed by atoms with van der Waals surface area (Å²) in [5.41, 5.74) is 1.41. The van der Waals surface area contributed by atoms with Crippen molar-refractivity contribution in [2.45, 2.75) is 26.3 Å². The van der Waals surface area contributed by atoms with Gasteiger partial charge in [0.25, 0.3) is 5.89 Å². The second kappa shape index (κ2) is 9.34. The predicted octanol–water partition coefficient (Wildman–Crippen LogP) is 3.66. The number of rotatable bonds is 6. The van der Waals surface area contributed by atoms with Crippen molar-refractivity contribution in [2.75, 3.05) is 19.7 Å². The van der Waals surface area contributed by atoms with Gasteiger partial charge < -0.3 is 18.7 Å². The quantitative estimate of drug-likeness (QED) is 0.541. The van der Waals surface area contributed by atoms with Gasteiger partial charge in [-0.1, -0.05) is 28.9 Å². The Balaban J connectivity index is 1.41. The molecule has 31 heavy (non-hydrogen) atoms. The van der Waals surface area contributed by atoms with Crippen LogP contribution >= 0.6 is 11.6 Å². The zero-order chi connectivity index (χ0) is 21.8. The number of hydrogen-bond donors (Lipinski definition) is 0. The summed E-state index contributed by atoms with van der Waals surface area (Å²) in [5.74, 6) is 0.435. The SMILES string of the molecule is CCOC(=O)C1CCN(C(=O)Cn2cccc2-c2nc(-c3cccc(Cl)c3)no2)CC1. The molecule has 0 unspecified atom stereocenters. The van der Waals surface area contributed by atoms with Crippen molar-refractivity contribution in [1.29, 1.82) is 0 Å². The first-order valence-corrected chi connectivity index (χ1v) is 10.6. The molecular formula is C22H23ClN4O4. The van der Waals surface area contributed by atoms with E-state index in [1.807, 2.05) is 30.5 Å². The molecule has 8 nitrogen and oxygen atoms in total. The number of carbonyl (C=O) groups excluding carboxylic acids is 2. The minimum atomic E-state index is -0.172. The lowest BCUT2D eigenvalue weighted by atomic mass is 9.97. The second-order valence-corrected chi connectivity index (χ2v) is 7.80. The molecule has 0 bridgehead atoms. The highest BCUT2D eigenvalue weighted by atomic mass is 35.5. The van der Waals surface area contributed by atoms with Gasteiger partial charge in [-0.25, -0.2) is 0 Å². The van der Waals surface area contributed by atoms with E-state index in [1.165, 1.54) is 0 Å². The van der Waals surface area contributed by atoms with Gasteiger partial charge in [0.05, 0.1) is 12.5 Å². The van der Waals surface area contributed by atoms with Gasteiger partial charge in [-0.3, -0.25) is 9.59 Å². The summed E-state index contributed by atoms with van der Waals surface area (Å²) < 4.78 is 12.3. The fourth-order valence-corrected chi connectivity index (χ4v) is 3.88. The standard InChI is InChI=1S/C22H23ClN4O4/c1-2-30-22(29)15-8-11-26(12-9-15)19(28)14-27-10-4-7-18(27)21-24-20(25-31-21)16-5-3-6-17(23)13-16/h3-7,10,13,15H,2,8-9,11-12,14H2,1H3. The molecule has 0 saturated carbocycles. The van der Waals surface area contributed by atoms with Crippen LogP contribution in [0.3, 0.4) is 0 Å². The Bertz CT molecular complexity index is 1070. The molecule has 2 aromatic heterocycles. The Morgan fingerprint density at radius 3 is 2.77 bits per heavy atom. The first-order chi connectivity index (χ1) is 15.0. The van der Waals surface area contributed by atoms with E-state index in [9.17, 15) is 9.59 Å². The molecule has 0 spiro atoms. The van der Waals surface area contributed by atoms with E-state index in [0.29, 0.717) is 55.0 Å². The molecule has 1 aliphatic heterocycles. The highest BCUT2D eigenvalue weighted by molar-refractivity contribution is 6.30. The van der Waals surface area contributed by atoms with Crippen molar-refractivity contribution in [3.63, 3.8) is 0 Å². The highest BCUT2D eigenvalue weighted by Crippen LogP contribution is 2.25. The number of amides is 1. The maximum atomic E-state index is 12.8.